The predicted molar refractivity (Wildman–Crippen MR) is 150 cm³/mol. The lowest BCUT2D eigenvalue weighted by Gasteiger charge is -2.24. The Hall–Kier alpha value is -5.17. The Kier molecular flexibility index (Phi) is 6.86. The zero-order chi connectivity index (χ0) is 29.5. The number of ether oxygens (including phenoxy) is 4. The van der Waals surface area contributed by atoms with Crippen LogP contribution in [0.15, 0.2) is 74.0 Å². The molecule has 4 heterocycles. The van der Waals surface area contributed by atoms with Gasteiger partial charge in [-0.1, -0.05) is 17.4 Å². The largest absolute Gasteiger partial charge is 0.496 e. The van der Waals surface area contributed by atoms with Gasteiger partial charge in [0.1, 0.15) is 17.3 Å². The maximum atomic E-state index is 13.9. The average molecular weight is 590 g/mol. The van der Waals surface area contributed by atoms with Crippen molar-refractivity contribution in [2.75, 3.05) is 20.5 Å². The minimum atomic E-state index is -0.821. The number of nitro groups is 1. The number of benzene rings is 2. The maximum absolute atomic E-state index is 13.9. The summed E-state index contributed by atoms with van der Waals surface area (Å²) in [5, 5.41) is 11.3. The molecule has 0 spiro atoms. The first-order chi connectivity index (χ1) is 20.3. The van der Waals surface area contributed by atoms with E-state index < -0.39 is 16.9 Å². The molecule has 2 aliphatic heterocycles. The Bertz CT molecular complexity index is 1970. The summed E-state index contributed by atoms with van der Waals surface area (Å²) in [4.78, 5) is 42.8. The van der Waals surface area contributed by atoms with Gasteiger partial charge in [0, 0.05) is 18.2 Å². The Morgan fingerprint density at radius 1 is 1.19 bits per heavy atom. The number of thiazole rings is 1. The van der Waals surface area contributed by atoms with Crippen molar-refractivity contribution in [1.29, 1.82) is 0 Å². The van der Waals surface area contributed by atoms with Crippen LogP contribution < -0.4 is 29.1 Å². The molecule has 0 radical (unpaired) electrons. The average Bonchev–Trinajstić information content (AvgIpc) is 3.71. The van der Waals surface area contributed by atoms with Crippen molar-refractivity contribution in [3.8, 4) is 28.6 Å². The molecule has 0 N–H and O–H groups in total. The molecule has 42 heavy (non-hydrogen) atoms. The first-order valence-corrected chi connectivity index (χ1v) is 13.6. The highest BCUT2D eigenvalue weighted by atomic mass is 32.1. The second-order valence-corrected chi connectivity index (χ2v) is 10.3. The first-order valence-electron chi connectivity index (χ1n) is 12.8. The zero-order valence-electron chi connectivity index (χ0n) is 22.6. The predicted octanol–water partition coefficient (Wildman–Crippen LogP) is 3.70. The van der Waals surface area contributed by atoms with Crippen LogP contribution in [0.5, 0.6) is 17.2 Å². The molecular weight excluding hydrogens is 566 g/mol. The standard InChI is InChI=1S/C29H23N3O9S/c1-4-38-28(34)25-15(2)30-29-31(26(25)16-5-8-22-23(11-16)40-14-39-22)27(33)24(42-29)13-18-7-10-21(41-18)19-12-17(32(35)36)6-9-20(19)37-3/h5-13,26H,4,14H2,1-3H3/b24-13-/t26-/m1/s1. The van der Waals surface area contributed by atoms with Crippen molar-refractivity contribution in [2.45, 2.75) is 19.9 Å². The van der Waals surface area contributed by atoms with Gasteiger partial charge < -0.3 is 23.4 Å². The molecule has 0 saturated carbocycles. The quantitative estimate of drug-likeness (QED) is 0.179. The normalized spacial score (nSPS) is 15.8. The van der Waals surface area contributed by atoms with Crippen LogP contribution in [0.4, 0.5) is 5.69 Å². The number of rotatable bonds is 7. The van der Waals surface area contributed by atoms with Crippen LogP contribution in [0.2, 0.25) is 0 Å². The summed E-state index contributed by atoms with van der Waals surface area (Å²) in [6.45, 7) is 3.65. The number of furan rings is 1. The molecule has 0 aliphatic carbocycles. The third-order valence-corrected chi connectivity index (χ3v) is 7.77. The molecule has 214 valence electrons. The van der Waals surface area contributed by atoms with Crippen molar-refractivity contribution in [3.05, 3.63) is 101 Å². The van der Waals surface area contributed by atoms with Crippen LogP contribution in [0, 0.1) is 10.1 Å². The Morgan fingerprint density at radius 3 is 2.76 bits per heavy atom. The first kappa shape index (κ1) is 27.0. The van der Waals surface area contributed by atoms with Crippen LogP contribution in [0.3, 0.4) is 0 Å². The summed E-state index contributed by atoms with van der Waals surface area (Å²) in [6.07, 6.45) is 1.57. The number of allylic oxidation sites excluding steroid dienone is 1. The van der Waals surface area contributed by atoms with E-state index in [-0.39, 0.29) is 30.2 Å². The molecule has 12 nitrogen and oxygen atoms in total. The van der Waals surface area contributed by atoms with Gasteiger partial charge in [-0.15, -0.1) is 0 Å². The fraction of sp³-hybridized carbons (Fsp3) is 0.207. The van der Waals surface area contributed by atoms with Crippen molar-refractivity contribution >= 4 is 29.1 Å². The van der Waals surface area contributed by atoms with Crippen LogP contribution in [-0.4, -0.2) is 36.0 Å². The minimum absolute atomic E-state index is 0.0779. The van der Waals surface area contributed by atoms with E-state index in [0.717, 1.165) is 11.3 Å². The van der Waals surface area contributed by atoms with E-state index in [1.54, 1.807) is 50.3 Å². The zero-order valence-corrected chi connectivity index (χ0v) is 23.4. The van der Waals surface area contributed by atoms with Crippen molar-refractivity contribution < 1.29 is 33.1 Å². The summed E-state index contributed by atoms with van der Waals surface area (Å²) >= 11 is 1.14. The number of nitrogens with zero attached hydrogens (tertiary/aromatic N) is 3. The molecule has 0 bridgehead atoms. The molecule has 0 saturated heterocycles. The van der Waals surface area contributed by atoms with Crippen LogP contribution in [0.25, 0.3) is 17.4 Å². The van der Waals surface area contributed by atoms with E-state index in [4.69, 9.17) is 23.4 Å². The lowest BCUT2D eigenvalue weighted by Crippen LogP contribution is -2.39. The number of non-ortho nitro benzene ring substituents is 1. The molecule has 0 fully saturated rings. The van der Waals surface area contributed by atoms with Gasteiger partial charge >= 0.3 is 5.97 Å². The topological polar surface area (TPSA) is 145 Å². The van der Waals surface area contributed by atoms with E-state index in [2.05, 4.69) is 4.99 Å². The number of nitro benzene ring substituents is 1. The fourth-order valence-electron chi connectivity index (χ4n) is 4.90. The molecule has 2 aromatic carbocycles. The highest BCUT2D eigenvalue weighted by Gasteiger charge is 2.34. The molecule has 0 unspecified atom stereocenters. The summed E-state index contributed by atoms with van der Waals surface area (Å²) < 4.78 is 29.4. The van der Waals surface area contributed by atoms with Crippen LogP contribution >= 0.6 is 11.3 Å². The Balaban J connectivity index is 1.46. The second kappa shape index (κ2) is 10.7. The lowest BCUT2D eigenvalue weighted by atomic mass is 9.95. The van der Waals surface area contributed by atoms with E-state index in [1.165, 1.54) is 29.9 Å². The highest BCUT2D eigenvalue weighted by molar-refractivity contribution is 7.07. The Morgan fingerprint density at radius 2 is 2.00 bits per heavy atom. The van der Waals surface area contributed by atoms with E-state index in [1.807, 2.05) is 0 Å². The number of esters is 1. The number of methoxy groups -OCH3 is 1. The second-order valence-electron chi connectivity index (χ2n) is 9.26. The van der Waals surface area contributed by atoms with Gasteiger partial charge in [0.25, 0.3) is 11.2 Å². The van der Waals surface area contributed by atoms with Gasteiger partial charge in [0.2, 0.25) is 6.79 Å². The van der Waals surface area contributed by atoms with Gasteiger partial charge in [-0.2, -0.15) is 0 Å². The van der Waals surface area contributed by atoms with Crippen molar-refractivity contribution in [3.63, 3.8) is 0 Å². The third-order valence-electron chi connectivity index (χ3n) is 6.79. The lowest BCUT2D eigenvalue weighted by molar-refractivity contribution is -0.384. The third kappa shape index (κ3) is 4.63. The molecule has 2 aliphatic rings. The minimum Gasteiger partial charge on any atom is -0.496 e. The van der Waals surface area contributed by atoms with Crippen LogP contribution in [-0.2, 0) is 9.53 Å². The molecular formula is C29H23N3O9S. The molecule has 1 atom stereocenters. The van der Waals surface area contributed by atoms with Gasteiger partial charge in [-0.05, 0) is 49.7 Å². The molecule has 4 aromatic rings. The molecule has 6 rings (SSSR count). The van der Waals surface area contributed by atoms with Gasteiger partial charge in [0.15, 0.2) is 16.3 Å². The number of carbonyl (C=O) groups excluding carboxylic acids is 1. The number of hydrogen-bond donors (Lipinski definition) is 0. The maximum Gasteiger partial charge on any atom is 0.338 e. The van der Waals surface area contributed by atoms with E-state index in [0.29, 0.717) is 54.9 Å². The summed E-state index contributed by atoms with van der Waals surface area (Å²) in [5.41, 5.74) is 1.19. The molecule has 13 heteroatoms. The summed E-state index contributed by atoms with van der Waals surface area (Å²) in [6, 6.07) is 11.9. The highest BCUT2D eigenvalue weighted by Crippen LogP contribution is 2.38. The monoisotopic (exact) mass is 589 g/mol. The van der Waals surface area contributed by atoms with E-state index >= 15 is 0 Å². The Labute approximate surface area is 241 Å². The molecule has 0 amide bonds. The van der Waals surface area contributed by atoms with E-state index in [9.17, 15) is 19.7 Å². The number of fused-ring (bicyclic) bond motifs is 2. The van der Waals surface area contributed by atoms with Gasteiger partial charge in [-0.25, -0.2) is 9.79 Å². The smallest absolute Gasteiger partial charge is 0.338 e. The fourth-order valence-corrected chi connectivity index (χ4v) is 5.92. The van der Waals surface area contributed by atoms with Gasteiger partial charge in [-0.3, -0.25) is 19.5 Å². The SMILES string of the molecule is CCOC(=O)C1=C(C)N=c2s/c(=C\c3ccc(-c4cc([N+](=O)[O-])ccc4OC)o3)c(=O)n2[C@@H]1c1ccc2c(c1)OCO2. The van der Waals surface area contributed by atoms with Crippen molar-refractivity contribution in [1.82, 2.24) is 4.57 Å². The summed E-state index contributed by atoms with van der Waals surface area (Å²) in [5.74, 6) is 1.56. The number of hydrogen-bond acceptors (Lipinski definition) is 11. The summed E-state index contributed by atoms with van der Waals surface area (Å²) in [7, 11) is 1.46. The van der Waals surface area contributed by atoms with Crippen molar-refractivity contribution in [2.24, 2.45) is 4.99 Å². The van der Waals surface area contributed by atoms with Crippen LogP contribution in [0.1, 0.15) is 31.2 Å². The van der Waals surface area contributed by atoms with Gasteiger partial charge in [0.05, 0.1) is 46.0 Å². The number of carbonyl (C=O) groups is 1. The number of aromatic nitrogens is 1. The molecule has 2 aromatic heterocycles.